The summed E-state index contributed by atoms with van der Waals surface area (Å²) in [7, 11) is 0. The Morgan fingerprint density at radius 2 is 1.80 bits per heavy atom. The second-order valence-electron chi connectivity index (χ2n) is 9.36. The molecule has 1 N–H and O–H groups in total. The number of nitrogens with one attached hydrogen (secondary N) is 1. The van der Waals surface area contributed by atoms with Crippen molar-refractivity contribution in [1.82, 2.24) is 25.1 Å². The average molecular weight is 563 g/mol. The zero-order valence-electron chi connectivity index (χ0n) is 22.4. The minimum absolute atomic E-state index is 0.152. The summed E-state index contributed by atoms with van der Waals surface area (Å²) >= 11 is 1.25. The smallest absolute Gasteiger partial charge is 0.279 e. The number of carbonyl (C=O) groups excluding carboxylic acids is 1. The van der Waals surface area contributed by atoms with E-state index < -0.39 is 5.91 Å². The maximum absolute atomic E-state index is 12.9. The summed E-state index contributed by atoms with van der Waals surface area (Å²) in [6, 6.07) is 27.1. The van der Waals surface area contributed by atoms with E-state index in [0.29, 0.717) is 22.5 Å². The van der Waals surface area contributed by atoms with Crippen LogP contribution >= 0.6 is 11.3 Å². The Kier molecular flexibility index (Phi) is 7.38. The van der Waals surface area contributed by atoms with Crippen molar-refractivity contribution in [1.29, 1.82) is 0 Å². The predicted octanol–water partition coefficient (Wildman–Crippen LogP) is 7.06. The number of aryl methyl sites for hydroxylation is 1. The Labute approximate surface area is 240 Å². The molecule has 3 aromatic heterocycles. The molecule has 0 saturated carbocycles. The van der Waals surface area contributed by atoms with Crippen LogP contribution in [0.15, 0.2) is 95.6 Å². The van der Waals surface area contributed by atoms with Gasteiger partial charge in [0, 0.05) is 23.4 Å². The lowest BCUT2D eigenvalue weighted by molar-refractivity contribution is 0.101. The van der Waals surface area contributed by atoms with Crippen LogP contribution in [0.5, 0.6) is 5.75 Å². The number of para-hydroxylation sites is 1. The average Bonchev–Trinajstić information content (AvgIpc) is 3.77. The fourth-order valence-electron chi connectivity index (χ4n) is 4.19. The zero-order valence-corrected chi connectivity index (χ0v) is 23.3. The number of rotatable bonds is 9. The van der Waals surface area contributed by atoms with E-state index >= 15 is 0 Å². The van der Waals surface area contributed by atoms with Crippen molar-refractivity contribution < 1.29 is 14.1 Å². The SMILES string of the molecule is CCCOc1cccc(-c2nn(-c3ccccc3)cc2-c2nnc(NC(=O)c3cc(-c4ccc(C)cc4)on3)s2)c1. The number of amides is 1. The van der Waals surface area contributed by atoms with E-state index in [1.165, 1.54) is 11.3 Å². The Morgan fingerprint density at radius 1 is 0.976 bits per heavy atom. The summed E-state index contributed by atoms with van der Waals surface area (Å²) in [6.45, 7) is 4.71. The third kappa shape index (κ3) is 5.78. The molecule has 6 rings (SSSR count). The molecule has 9 nitrogen and oxygen atoms in total. The van der Waals surface area contributed by atoms with Crippen molar-refractivity contribution in [2.24, 2.45) is 0 Å². The van der Waals surface area contributed by atoms with Crippen molar-refractivity contribution in [3.63, 3.8) is 0 Å². The minimum atomic E-state index is -0.434. The lowest BCUT2D eigenvalue weighted by atomic mass is 10.1. The van der Waals surface area contributed by atoms with Crippen LogP contribution in [-0.4, -0.2) is 37.6 Å². The lowest BCUT2D eigenvalue weighted by Crippen LogP contribution is -2.11. The van der Waals surface area contributed by atoms with Crippen LogP contribution < -0.4 is 10.1 Å². The van der Waals surface area contributed by atoms with Crippen molar-refractivity contribution >= 4 is 22.4 Å². The highest BCUT2D eigenvalue weighted by molar-refractivity contribution is 7.18. The summed E-state index contributed by atoms with van der Waals surface area (Å²) in [4.78, 5) is 12.9. The molecule has 3 heterocycles. The van der Waals surface area contributed by atoms with E-state index in [9.17, 15) is 4.79 Å². The number of benzene rings is 3. The summed E-state index contributed by atoms with van der Waals surface area (Å²) in [6.07, 6.45) is 2.83. The lowest BCUT2D eigenvalue weighted by Gasteiger charge is -2.06. The van der Waals surface area contributed by atoms with Gasteiger partial charge in [0.1, 0.15) is 11.4 Å². The van der Waals surface area contributed by atoms with Crippen molar-refractivity contribution in [3.05, 3.63) is 102 Å². The summed E-state index contributed by atoms with van der Waals surface area (Å²) in [5.41, 5.74) is 5.42. The van der Waals surface area contributed by atoms with Gasteiger partial charge in [0.05, 0.1) is 17.9 Å². The van der Waals surface area contributed by atoms with Gasteiger partial charge in [-0.15, -0.1) is 10.2 Å². The standard InChI is InChI=1S/C31H26N6O3S/c1-3-16-39-24-11-7-8-22(17-24)28-25(19-37(35-28)23-9-5-4-6-10-23)30-33-34-31(41-30)32-29(38)26-18-27(40-36-26)21-14-12-20(2)13-15-21/h4-15,17-19H,3,16H2,1-2H3,(H,32,34,38). The molecule has 0 saturated heterocycles. The number of carbonyl (C=O) groups is 1. The second kappa shape index (κ2) is 11.6. The highest BCUT2D eigenvalue weighted by atomic mass is 32.1. The van der Waals surface area contributed by atoms with E-state index in [-0.39, 0.29) is 5.69 Å². The Morgan fingerprint density at radius 3 is 2.61 bits per heavy atom. The first-order valence-corrected chi connectivity index (χ1v) is 14.0. The normalized spacial score (nSPS) is 11.0. The quantitative estimate of drug-likeness (QED) is 0.201. The van der Waals surface area contributed by atoms with Gasteiger partial charge in [-0.25, -0.2) is 4.68 Å². The molecule has 0 aliphatic carbocycles. The Bertz CT molecular complexity index is 1790. The zero-order chi connectivity index (χ0) is 28.2. The number of anilines is 1. The first-order valence-electron chi connectivity index (χ1n) is 13.1. The molecular weight excluding hydrogens is 536 g/mol. The minimum Gasteiger partial charge on any atom is -0.494 e. The van der Waals surface area contributed by atoms with Crippen LogP contribution in [0, 0.1) is 6.92 Å². The van der Waals surface area contributed by atoms with Gasteiger partial charge in [0.25, 0.3) is 5.91 Å². The first kappa shape index (κ1) is 26.1. The van der Waals surface area contributed by atoms with Gasteiger partial charge >= 0.3 is 0 Å². The number of ether oxygens (including phenoxy) is 1. The molecule has 6 aromatic rings. The molecule has 10 heteroatoms. The number of nitrogens with zero attached hydrogens (tertiary/aromatic N) is 5. The van der Waals surface area contributed by atoms with E-state index in [0.717, 1.165) is 45.8 Å². The molecule has 204 valence electrons. The predicted molar refractivity (Wildman–Crippen MR) is 158 cm³/mol. The molecule has 0 fully saturated rings. The largest absolute Gasteiger partial charge is 0.494 e. The molecular formula is C31H26N6O3S. The third-order valence-electron chi connectivity index (χ3n) is 6.27. The van der Waals surface area contributed by atoms with Gasteiger partial charge in [0.2, 0.25) is 5.13 Å². The summed E-state index contributed by atoms with van der Waals surface area (Å²) in [5, 5.41) is 21.2. The Balaban J connectivity index is 1.28. The fourth-order valence-corrected chi connectivity index (χ4v) is 4.94. The molecule has 0 radical (unpaired) electrons. The van der Waals surface area contributed by atoms with E-state index in [1.54, 1.807) is 6.07 Å². The van der Waals surface area contributed by atoms with Crippen molar-refractivity contribution in [2.45, 2.75) is 20.3 Å². The number of hydrogen-bond donors (Lipinski definition) is 1. The monoisotopic (exact) mass is 562 g/mol. The molecule has 0 spiro atoms. The van der Waals surface area contributed by atoms with Gasteiger partial charge in [-0.2, -0.15) is 5.10 Å². The molecule has 1 amide bonds. The van der Waals surface area contributed by atoms with Gasteiger partial charge in [-0.1, -0.05) is 83.6 Å². The summed E-state index contributed by atoms with van der Waals surface area (Å²) in [5.74, 6) is 0.847. The van der Waals surface area contributed by atoms with Crippen molar-refractivity contribution in [2.75, 3.05) is 11.9 Å². The van der Waals surface area contributed by atoms with Gasteiger partial charge < -0.3 is 9.26 Å². The van der Waals surface area contributed by atoms with Crippen LogP contribution in [-0.2, 0) is 0 Å². The summed E-state index contributed by atoms with van der Waals surface area (Å²) < 4.78 is 13.1. The number of hydrogen-bond acceptors (Lipinski definition) is 8. The second-order valence-corrected chi connectivity index (χ2v) is 10.3. The van der Waals surface area contributed by atoms with Crippen molar-refractivity contribution in [3.8, 4) is 44.6 Å². The highest BCUT2D eigenvalue weighted by Crippen LogP contribution is 2.36. The third-order valence-corrected chi connectivity index (χ3v) is 7.14. The fraction of sp³-hybridized carbons (Fsp3) is 0.129. The molecule has 3 aromatic carbocycles. The molecule has 41 heavy (non-hydrogen) atoms. The van der Waals surface area contributed by atoms with Gasteiger partial charge in [-0.3, -0.25) is 10.1 Å². The van der Waals surface area contributed by atoms with Crippen LogP contribution in [0.3, 0.4) is 0 Å². The van der Waals surface area contributed by atoms with E-state index in [2.05, 4.69) is 27.6 Å². The number of aromatic nitrogens is 5. The highest BCUT2D eigenvalue weighted by Gasteiger charge is 2.21. The van der Waals surface area contributed by atoms with Crippen LogP contribution in [0.1, 0.15) is 29.4 Å². The van der Waals surface area contributed by atoms with Gasteiger partial charge in [0.15, 0.2) is 16.5 Å². The van der Waals surface area contributed by atoms with Crippen LogP contribution in [0.2, 0.25) is 0 Å². The van der Waals surface area contributed by atoms with E-state index in [4.69, 9.17) is 14.4 Å². The first-order chi connectivity index (χ1) is 20.1. The molecule has 0 aliphatic rings. The Hall–Kier alpha value is -5.09. The van der Waals surface area contributed by atoms with E-state index in [1.807, 2.05) is 96.7 Å². The van der Waals surface area contributed by atoms with Gasteiger partial charge in [-0.05, 0) is 37.6 Å². The molecule has 0 bridgehead atoms. The molecule has 0 unspecified atom stereocenters. The van der Waals surface area contributed by atoms with Crippen LogP contribution in [0.4, 0.5) is 5.13 Å². The molecule has 0 aliphatic heterocycles. The van der Waals surface area contributed by atoms with Crippen LogP contribution in [0.25, 0.3) is 38.8 Å². The maximum Gasteiger partial charge on any atom is 0.279 e. The topological polar surface area (TPSA) is 108 Å². The maximum atomic E-state index is 12.9. The molecule has 0 atom stereocenters.